The molecule has 1 heterocycles. The van der Waals surface area contributed by atoms with Gasteiger partial charge >= 0.3 is 0 Å². The van der Waals surface area contributed by atoms with Gasteiger partial charge in [-0.25, -0.2) is 0 Å². The van der Waals surface area contributed by atoms with Crippen LogP contribution in [0.2, 0.25) is 0 Å². The molecule has 1 atom stereocenters. The zero-order valence-corrected chi connectivity index (χ0v) is 14.3. The predicted octanol–water partition coefficient (Wildman–Crippen LogP) is 5.93. The number of unbranched alkanes of at least 4 members (excludes halogenated alkanes) is 9. The highest BCUT2D eigenvalue weighted by molar-refractivity contribution is 4.68. The van der Waals surface area contributed by atoms with Gasteiger partial charge in [0.1, 0.15) is 0 Å². The van der Waals surface area contributed by atoms with Crippen LogP contribution in [0.5, 0.6) is 0 Å². The molecular weight excluding hydrogens is 258 g/mol. The standard InChI is InChI=1S/C18H35N3/c1-3-5-7-9-11-13-15-18(21-19-16-17-20-21)14-12-10-8-6-4-2/h16-18H,3-15H2,1-2H3. The normalized spacial score (nSPS) is 12.7. The maximum atomic E-state index is 4.37. The van der Waals surface area contributed by atoms with Gasteiger partial charge < -0.3 is 0 Å². The Kier molecular flexibility index (Phi) is 11.1. The highest BCUT2D eigenvalue weighted by Gasteiger charge is 2.11. The van der Waals surface area contributed by atoms with Gasteiger partial charge in [-0.05, 0) is 12.8 Å². The number of hydrogen-bond acceptors (Lipinski definition) is 2. The van der Waals surface area contributed by atoms with Crippen LogP contribution >= 0.6 is 0 Å². The Balaban J connectivity index is 2.19. The Labute approximate surface area is 131 Å². The van der Waals surface area contributed by atoms with E-state index < -0.39 is 0 Å². The van der Waals surface area contributed by atoms with E-state index in [2.05, 4.69) is 24.0 Å². The second-order valence-electron chi connectivity index (χ2n) is 6.26. The lowest BCUT2D eigenvalue weighted by atomic mass is 10.0. The average Bonchev–Trinajstić information content (AvgIpc) is 3.02. The number of hydrogen-bond donors (Lipinski definition) is 0. The third kappa shape index (κ3) is 8.90. The van der Waals surface area contributed by atoms with E-state index in [-0.39, 0.29) is 0 Å². The fourth-order valence-electron chi connectivity index (χ4n) is 2.93. The molecule has 1 rings (SSSR count). The second-order valence-corrected chi connectivity index (χ2v) is 6.26. The lowest BCUT2D eigenvalue weighted by Gasteiger charge is -2.16. The highest BCUT2D eigenvalue weighted by Crippen LogP contribution is 2.22. The molecule has 0 N–H and O–H groups in total. The second kappa shape index (κ2) is 12.8. The lowest BCUT2D eigenvalue weighted by molar-refractivity contribution is 0.334. The van der Waals surface area contributed by atoms with Gasteiger partial charge in [-0.2, -0.15) is 15.0 Å². The van der Waals surface area contributed by atoms with Crippen LogP contribution in [0.15, 0.2) is 12.4 Å². The Bertz CT molecular complexity index is 308. The van der Waals surface area contributed by atoms with Crippen LogP contribution in [0.25, 0.3) is 0 Å². The van der Waals surface area contributed by atoms with Crippen LogP contribution in [-0.4, -0.2) is 15.0 Å². The van der Waals surface area contributed by atoms with Crippen LogP contribution in [-0.2, 0) is 0 Å². The van der Waals surface area contributed by atoms with E-state index >= 15 is 0 Å². The zero-order valence-electron chi connectivity index (χ0n) is 14.3. The summed E-state index contributed by atoms with van der Waals surface area (Å²) in [7, 11) is 0. The SMILES string of the molecule is CCCCCCCCC(CCCCCCC)n1nccn1. The summed E-state index contributed by atoms with van der Waals surface area (Å²) in [6.07, 6.45) is 21.1. The van der Waals surface area contributed by atoms with Crippen molar-refractivity contribution in [2.24, 2.45) is 0 Å². The molecular formula is C18H35N3. The molecule has 0 aliphatic carbocycles. The Morgan fingerprint density at radius 3 is 1.57 bits per heavy atom. The smallest absolute Gasteiger partial charge is 0.0716 e. The van der Waals surface area contributed by atoms with E-state index in [9.17, 15) is 0 Å². The molecule has 0 saturated carbocycles. The summed E-state index contributed by atoms with van der Waals surface area (Å²) in [4.78, 5) is 1.95. The first kappa shape index (κ1) is 18.2. The zero-order chi connectivity index (χ0) is 15.2. The molecule has 21 heavy (non-hydrogen) atoms. The van der Waals surface area contributed by atoms with Crippen molar-refractivity contribution in [1.82, 2.24) is 15.0 Å². The van der Waals surface area contributed by atoms with Crippen LogP contribution in [0.3, 0.4) is 0 Å². The van der Waals surface area contributed by atoms with E-state index in [0.29, 0.717) is 6.04 Å². The summed E-state index contributed by atoms with van der Waals surface area (Å²) in [5, 5.41) is 8.73. The molecule has 0 aliphatic rings. The molecule has 3 nitrogen and oxygen atoms in total. The van der Waals surface area contributed by atoms with Gasteiger partial charge in [-0.15, -0.1) is 0 Å². The van der Waals surface area contributed by atoms with Gasteiger partial charge in [-0.3, -0.25) is 0 Å². The topological polar surface area (TPSA) is 30.7 Å². The first-order valence-corrected chi connectivity index (χ1v) is 9.24. The van der Waals surface area contributed by atoms with Crippen molar-refractivity contribution in [2.75, 3.05) is 0 Å². The van der Waals surface area contributed by atoms with E-state index in [1.165, 1.54) is 83.5 Å². The van der Waals surface area contributed by atoms with Crippen LogP contribution in [0.1, 0.15) is 103 Å². The molecule has 0 spiro atoms. The van der Waals surface area contributed by atoms with Crippen molar-refractivity contribution in [1.29, 1.82) is 0 Å². The molecule has 122 valence electrons. The summed E-state index contributed by atoms with van der Waals surface area (Å²) in [6.45, 7) is 4.55. The molecule has 0 amide bonds. The molecule has 1 unspecified atom stereocenters. The minimum Gasteiger partial charge on any atom is -0.182 e. The van der Waals surface area contributed by atoms with E-state index in [1.807, 2.05) is 17.2 Å². The quantitative estimate of drug-likeness (QED) is 0.398. The van der Waals surface area contributed by atoms with Crippen molar-refractivity contribution in [3.05, 3.63) is 12.4 Å². The molecule has 3 heteroatoms. The van der Waals surface area contributed by atoms with Gasteiger partial charge in [0.15, 0.2) is 0 Å². The molecule has 1 aromatic heterocycles. The van der Waals surface area contributed by atoms with Crippen molar-refractivity contribution >= 4 is 0 Å². The summed E-state index contributed by atoms with van der Waals surface area (Å²) in [6, 6.07) is 0.521. The van der Waals surface area contributed by atoms with Gasteiger partial charge in [0.25, 0.3) is 0 Å². The number of rotatable bonds is 14. The van der Waals surface area contributed by atoms with Gasteiger partial charge in [0, 0.05) is 0 Å². The summed E-state index contributed by atoms with van der Waals surface area (Å²) in [5.41, 5.74) is 0. The third-order valence-electron chi connectivity index (χ3n) is 4.30. The maximum Gasteiger partial charge on any atom is 0.0716 e. The maximum absolute atomic E-state index is 4.37. The fourth-order valence-corrected chi connectivity index (χ4v) is 2.93. The minimum absolute atomic E-state index is 0.521. The predicted molar refractivity (Wildman–Crippen MR) is 90.4 cm³/mol. The van der Waals surface area contributed by atoms with Gasteiger partial charge in [0.05, 0.1) is 18.4 Å². The van der Waals surface area contributed by atoms with Crippen LogP contribution in [0, 0.1) is 0 Å². The monoisotopic (exact) mass is 293 g/mol. The molecule has 0 fully saturated rings. The van der Waals surface area contributed by atoms with Crippen molar-refractivity contribution < 1.29 is 0 Å². The lowest BCUT2D eigenvalue weighted by Crippen LogP contribution is -2.12. The van der Waals surface area contributed by atoms with Crippen LogP contribution < -0.4 is 0 Å². The van der Waals surface area contributed by atoms with Crippen LogP contribution in [0.4, 0.5) is 0 Å². The van der Waals surface area contributed by atoms with E-state index in [4.69, 9.17) is 0 Å². The highest BCUT2D eigenvalue weighted by atomic mass is 15.5. The number of aromatic nitrogens is 3. The van der Waals surface area contributed by atoms with Crippen molar-refractivity contribution in [3.63, 3.8) is 0 Å². The van der Waals surface area contributed by atoms with Crippen molar-refractivity contribution in [2.45, 2.75) is 103 Å². The molecule has 0 bridgehead atoms. The van der Waals surface area contributed by atoms with E-state index in [0.717, 1.165) is 0 Å². The Hall–Kier alpha value is -0.860. The largest absolute Gasteiger partial charge is 0.182 e. The Morgan fingerprint density at radius 1 is 0.667 bits per heavy atom. The first-order chi connectivity index (χ1) is 10.4. The van der Waals surface area contributed by atoms with Gasteiger partial charge in [0.2, 0.25) is 0 Å². The summed E-state index contributed by atoms with van der Waals surface area (Å²) in [5.74, 6) is 0. The average molecular weight is 293 g/mol. The molecule has 0 saturated heterocycles. The van der Waals surface area contributed by atoms with E-state index in [1.54, 1.807) is 0 Å². The number of nitrogens with zero attached hydrogens (tertiary/aromatic N) is 3. The fraction of sp³-hybridized carbons (Fsp3) is 0.889. The molecule has 1 aromatic rings. The molecule has 0 aromatic carbocycles. The Morgan fingerprint density at radius 2 is 1.10 bits per heavy atom. The summed E-state index contributed by atoms with van der Waals surface area (Å²) >= 11 is 0. The first-order valence-electron chi connectivity index (χ1n) is 9.24. The summed E-state index contributed by atoms with van der Waals surface area (Å²) < 4.78 is 0. The van der Waals surface area contributed by atoms with Crippen molar-refractivity contribution in [3.8, 4) is 0 Å². The van der Waals surface area contributed by atoms with Gasteiger partial charge in [-0.1, -0.05) is 84.5 Å². The third-order valence-corrected chi connectivity index (χ3v) is 4.30. The molecule has 0 radical (unpaired) electrons. The minimum atomic E-state index is 0.521. The molecule has 0 aliphatic heterocycles.